The van der Waals surface area contributed by atoms with Crippen LogP contribution in [0.4, 0.5) is 0 Å². The lowest BCUT2D eigenvalue weighted by atomic mass is 10.2. The maximum absolute atomic E-state index is 12.4. The van der Waals surface area contributed by atoms with E-state index in [1.165, 1.54) is 7.11 Å². The van der Waals surface area contributed by atoms with Crippen LogP contribution >= 0.6 is 23.5 Å². The van der Waals surface area contributed by atoms with E-state index in [1.54, 1.807) is 25.3 Å². The van der Waals surface area contributed by atoms with Crippen molar-refractivity contribution >= 4 is 23.5 Å². The maximum atomic E-state index is 12.4. The standard InChI is InChI=1S/C15H17BrNO4P/c1-3-20-22(18,19-2)11-12-5-4-6-14(9-12)21-15-8-7-13(16)10-17-15/h4-10H,3,11H2,1-2H3. The normalized spacial score (nSPS) is 13.6. The molecule has 5 nitrogen and oxygen atoms in total. The minimum absolute atomic E-state index is 0.197. The molecule has 1 unspecified atom stereocenters. The molecule has 0 bridgehead atoms. The molecule has 0 saturated carbocycles. The number of rotatable bonds is 7. The van der Waals surface area contributed by atoms with Gasteiger partial charge in [0.15, 0.2) is 0 Å². The average Bonchev–Trinajstić information content (AvgIpc) is 2.50. The second-order valence-corrected chi connectivity index (χ2v) is 7.51. The summed E-state index contributed by atoms with van der Waals surface area (Å²) >= 11 is 3.32. The maximum Gasteiger partial charge on any atom is 0.334 e. The van der Waals surface area contributed by atoms with Crippen LogP contribution in [0.3, 0.4) is 0 Å². The van der Waals surface area contributed by atoms with E-state index < -0.39 is 7.60 Å². The first kappa shape index (κ1) is 17.2. The van der Waals surface area contributed by atoms with E-state index in [1.807, 2.05) is 24.3 Å². The Morgan fingerprint density at radius 3 is 2.73 bits per heavy atom. The van der Waals surface area contributed by atoms with Gasteiger partial charge in [0.25, 0.3) is 0 Å². The molecule has 0 fully saturated rings. The molecule has 22 heavy (non-hydrogen) atoms. The average molecular weight is 386 g/mol. The lowest BCUT2D eigenvalue weighted by molar-refractivity contribution is 0.243. The topological polar surface area (TPSA) is 57.7 Å². The monoisotopic (exact) mass is 385 g/mol. The molecule has 1 aromatic carbocycles. The van der Waals surface area contributed by atoms with Crippen molar-refractivity contribution in [2.24, 2.45) is 0 Å². The molecule has 0 aliphatic rings. The predicted octanol–water partition coefficient (Wildman–Crippen LogP) is 5.01. The van der Waals surface area contributed by atoms with Gasteiger partial charge in [0.1, 0.15) is 5.75 Å². The summed E-state index contributed by atoms with van der Waals surface area (Å²) in [5.41, 5.74) is 0.813. The Morgan fingerprint density at radius 1 is 1.27 bits per heavy atom. The first-order valence-corrected chi connectivity index (χ1v) is 9.24. The molecule has 0 N–H and O–H groups in total. The third-order valence-corrected chi connectivity index (χ3v) is 5.23. The number of ether oxygens (including phenoxy) is 1. The predicted molar refractivity (Wildman–Crippen MR) is 88.4 cm³/mol. The van der Waals surface area contributed by atoms with Crippen molar-refractivity contribution in [3.05, 3.63) is 52.6 Å². The third kappa shape index (κ3) is 4.92. The zero-order valence-electron chi connectivity index (χ0n) is 12.4. The van der Waals surface area contributed by atoms with Gasteiger partial charge in [-0.2, -0.15) is 0 Å². The molecular formula is C15H17BrNO4P. The summed E-state index contributed by atoms with van der Waals surface area (Å²) < 4.78 is 29.2. The summed E-state index contributed by atoms with van der Waals surface area (Å²) in [4.78, 5) is 4.15. The fraction of sp³-hybridized carbons (Fsp3) is 0.267. The van der Waals surface area contributed by atoms with Crippen LogP contribution in [0.1, 0.15) is 12.5 Å². The van der Waals surface area contributed by atoms with Crippen molar-refractivity contribution in [3.63, 3.8) is 0 Å². The Morgan fingerprint density at radius 2 is 2.09 bits per heavy atom. The van der Waals surface area contributed by atoms with Gasteiger partial charge in [-0.25, -0.2) is 4.98 Å². The van der Waals surface area contributed by atoms with E-state index >= 15 is 0 Å². The Labute approximate surface area is 138 Å². The van der Waals surface area contributed by atoms with Gasteiger partial charge in [-0.15, -0.1) is 0 Å². The second kappa shape index (κ2) is 7.88. The van der Waals surface area contributed by atoms with Crippen molar-refractivity contribution < 1.29 is 18.3 Å². The first-order chi connectivity index (χ1) is 10.5. The minimum Gasteiger partial charge on any atom is -0.439 e. The van der Waals surface area contributed by atoms with E-state index in [-0.39, 0.29) is 6.16 Å². The highest BCUT2D eigenvalue weighted by molar-refractivity contribution is 9.10. The van der Waals surface area contributed by atoms with Gasteiger partial charge in [0.05, 0.1) is 12.8 Å². The van der Waals surface area contributed by atoms with E-state index in [9.17, 15) is 4.57 Å². The highest BCUT2D eigenvalue weighted by atomic mass is 79.9. The zero-order valence-corrected chi connectivity index (χ0v) is 14.8. The van der Waals surface area contributed by atoms with E-state index in [0.717, 1.165) is 10.0 Å². The summed E-state index contributed by atoms with van der Waals surface area (Å²) in [5, 5.41) is 0. The molecule has 0 saturated heterocycles. The van der Waals surface area contributed by atoms with E-state index in [2.05, 4.69) is 20.9 Å². The molecule has 2 aromatic rings. The van der Waals surface area contributed by atoms with Crippen molar-refractivity contribution in [2.45, 2.75) is 13.1 Å². The number of benzene rings is 1. The van der Waals surface area contributed by atoms with Crippen LogP contribution < -0.4 is 4.74 Å². The summed E-state index contributed by atoms with van der Waals surface area (Å²) in [7, 11) is -1.72. The lowest BCUT2D eigenvalue weighted by Crippen LogP contribution is -1.97. The molecule has 118 valence electrons. The Bertz CT molecular complexity index is 663. The fourth-order valence-electron chi connectivity index (χ4n) is 1.83. The van der Waals surface area contributed by atoms with Gasteiger partial charge >= 0.3 is 7.60 Å². The summed E-state index contributed by atoms with van der Waals surface area (Å²) in [6.07, 6.45) is 1.86. The van der Waals surface area contributed by atoms with Gasteiger partial charge in [-0.3, -0.25) is 4.57 Å². The lowest BCUT2D eigenvalue weighted by Gasteiger charge is -2.15. The van der Waals surface area contributed by atoms with Gasteiger partial charge in [0.2, 0.25) is 5.88 Å². The number of nitrogens with zero attached hydrogens (tertiary/aromatic N) is 1. The van der Waals surface area contributed by atoms with Crippen LogP contribution in [0, 0.1) is 0 Å². The van der Waals surface area contributed by atoms with Crippen LogP contribution in [-0.4, -0.2) is 18.7 Å². The molecule has 1 heterocycles. The molecule has 1 atom stereocenters. The molecule has 7 heteroatoms. The molecular weight excluding hydrogens is 369 g/mol. The van der Waals surface area contributed by atoms with Crippen LogP contribution in [0.2, 0.25) is 0 Å². The zero-order chi connectivity index (χ0) is 16.0. The van der Waals surface area contributed by atoms with Crippen LogP contribution in [-0.2, 0) is 19.8 Å². The number of hydrogen-bond donors (Lipinski definition) is 0. The molecule has 1 aromatic heterocycles. The smallest absolute Gasteiger partial charge is 0.334 e. The SMILES string of the molecule is CCOP(=O)(Cc1cccc(Oc2ccc(Br)cn2)c1)OC. The number of hydrogen-bond acceptors (Lipinski definition) is 5. The van der Waals surface area contributed by atoms with Crippen LogP contribution in [0.25, 0.3) is 0 Å². The third-order valence-electron chi connectivity index (χ3n) is 2.80. The Hall–Kier alpha value is -1.20. The first-order valence-electron chi connectivity index (χ1n) is 6.72. The van der Waals surface area contributed by atoms with Gasteiger partial charge in [-0.05, 0) is 46.6 Å². The summed E-state index contributed by atoms with van der Waals surface area (Å²) in [5.74, 6) is 1.10. The summed E-state index contributed by atoms with van der Waals surface area (Å²) in [6, 6.07) is 10.9. The van der Waals surface area contributed by atoms with Crippen molar-refractivity contribution in [2.75, 3.05) is 13.7 Å². The number of pyridine rings is 1. The quantitative estimate of drug-likeness (QED) is 0.626. The van der Waals surface area contributed by atoms with E-state index in [0.29, 0.717) is 18.2 Å². The highest BCUT2D eigenvalue weighted by Gasteiger charge is 2.22. The van der Waals surface area contributed by atoms with Crippen LogP contribution in [0.5, 0.6) is 11.6 Å². The number of halogens is 1. The molecule has 0 aliphatic carbocycles. The minimum atomic E-state index is -3.11. The van der Waals surface area contributed by atoms with Crippen molar-refractivity contribution in [1.29, 1.82) is 0 Å². The Balaban J connectivity index is 2.12. The highest BCUT2D eigenvalue weighted by Crippen LogP contribution is 2.50. The van der Waals surface area contributed by atoms with Crippen LogP contribution in [0.15, 0.2) is 47.1 Å². The molecule has 0 spiro atoms. The van der Waals surface area contributed by atoms with Crippen molar-refractivity contribution in [3.8, 4) is 11.6 Å². The largest absolute Gasteiger partial charge is 0.439 e. The summed E-state index contributed by atoms with van der Waals surface area (Å²) in [6.45, 7) is 2.12. The Kier molecular flexibility index (Phi) is 6.15. The number of aromatic nitrogens is 1. The van der Waals surface area contributed by atoms with Gasteiger partial charge < -0.3 is 13.8 Å². The molecule has 0 amide bonds. The molecule has 0 radical (unpaired) electrons. The van der Waals surface area contributed by atoms with E-state index in [4.69, 9.17) is 13.8 Å². The molecule has 0 aliphatic heterocycles. The fourth-order valence-corrected chi connectivity index (χ4v) is 3.43. The van der Waals surface area contributed by atoms with Gasteiger partial charge in [-0.1, -0.05) is 12.1 Å². The van der Waals surface area contributed by atoms with Gasteiger partial charge in [0, 0.05) is 23.8 Å². The second-order valence-electron chi connectivity index (χ2n) is 4.43. The van der Waals surface area contributed by atoms with Crippen molar-refractivity contribution in [1.82, 2.24) is 4.98 Å². The molecule has 2 rings (SSSR count).